The molecule has 2 N–H and O–H groups in total. The highest BCUT2D eigenvalue weighted by Gasteiger charge is 2.23. The van der Waals surface area contributed by atoms with E-state index in [2.05, 4.69) is 15.9 Å². The van der Waals surface area contributed by atoms with Crippen LogP contribution in [0, 0.1) is 5.92 Å². The zero-order valence-electron chi connectivity index (χ0n) is 12.2. The second kappa shape index (κ2) is 6.76. The standard InChI is InChI=1S/C13H18BrNO5S/c1-7(2)8(3)20-13(16)9-5-10(14)12(19-4)11(6-9)21(15,17)18/h5-8H,1-4H3,(H2,15,17,18). The summed E-state index contributed by atoms with van der Waals surface area (Å²) in [6, 6.07) is 2.58. The van der Waals surface area contributed by atoms with Crippen LogP contribution in [-0.4, -0.2) is 27.6 Å². The third-order valence-electron chi connectivity index (χ3n) is 2.99. The van der Waals surface area contributed by atoms with E-state index in [1.165, 1.54) is 13.2 Å². The van der Waals surface area contributed by atoms with Crippen molar-refractivity contribution < 1.29 is 22.7 Å². The molecule has 21 heavy (non-hydrogen) atoms. The van der Waals surface area contributed by atoms with E-state index in [0.717, 1.165) is 6.07 Å². The summed E-state index contributed by atoms with van der Waals surface area (Å²) in [6.45, 7) is 5.59. The minimum absolute atomic E-state index is 0.0472. The first kappa shape index (κ1) is 17.9. The third-order valence-corrected chi connectivity index (χ3v) is 4.49. The van der Waals surface area contributed by atoms with Crippen LogP contribution in [0.3, 0.4) is 0 Å². The molecule has 0 spiro atoms. The highest BCUT2D eigenvalue weighted by Crippen LogP contribution is 2.33. The lowest BCUT2D eigenvalue weighted by Crippen LogP contribution is -2.21. The van der Waals surface area contributed by atoms with E-state index in [-0.39, 0.29) is 28.2 Å². The van der Waals surface area contributed by atoms with Crippen LogP contribution in [0.4, 0.5) is 0 Å². The van der Waals surface area contributed by atoms with Gasteiger partial charge in [0.15, 0.2) is 5.75 Å². The van der Waals surface area contributed by atoms with Crippen LogP contribution in [0.5, 0.6) is 5.75 Å². The lowest BCUT2D eigenvalue weighted by atomic mass is 10.1. The predicted octanol–water partition coefficient (Wildman–Crippen LogP) is 2.31. The Morgan fingerprint density at radius 1 is 1.29 bits per heavy atom. The molecule has 0 aliphatic rings. The quantitative estimate of drug-likeness (QED) is 0.791. The lowest BCUT2D eigenvalue weighted by Gasteiger charge is -2.17. The number of hydrogen-bond donors (Lipinski definition) is 1. The minimum Gasteiger partial charge on any atom is -0.494 e. The predicted molar refractivity (Wildman–Crippen MR) is 81.8 cm³/mol. The van der Waals surface area contributed by atoms with E-state index in [1.54, 1.807) is 6.92 Å². The smallest absolute Gasteiger partial charge is 0.338 e. The van der Waals surface area contributed by atoms with Gasteiger partial charge < -0.3 is 9.47 Å². The zero-order valence-corrected chi connectivity index (χ0v) is 14.6. The highest BCUT2D eigenvalue weighted by atomic mass is 79.9. The number of hydrogen-bond acceptors (Lipinski definition) is 5. The Bertz CT molecular complexity index is 642. The molecule has 118 valence electrons. The van der Waals surface area contributed by atoms with Crippen LogP contribution >= 0.6 is 15.9 Å². The Hall–Kier alpha value is -1.12. The summed E-state index contributed by atoms with van der Waals surface area (Å²) in [5.74, 6) is -0.427. The average Bonchev–Trinajstić information content (AvgIpc) is 2.36. The summed E-state index contributed by atoms with van der Waals surface area (Å²) in [5.41, 5.74) is 0.0826. The number of carbonyl (C=O) groups is 1. The number of rotatable bonds is 5. The summed E-state index contributed by atoms with van der Waals surface area (Å²) >= 11 is 3.16. The van der Waals surface area contributed by atoms with E-state index >= 15 is 0 Å². The number of sulfonamides is 1. The number of carbonyl (C=O) groups excluding carboxylic acids is 1. The number of methoxy groups -OCH3 is 1. The largest absolute Gasteiger partial charge is 0.494 e. The second-order valence-corrected chi connectivity index (χ2v) is 7.27. The van der Waals surface area contributed by atoms with Gasteiger partial charge in [-0.25, -0.2) is 18.4 Å². The maximum atomic E-state index is 12.1. The number of esters is 1. The fraction of sp³-hybridized carbons (Fsp3) is 0.462. The molecule has 0 saturated heterocycles. The number of benzene rings is 1. The molecule has 1 atom stereocenters. The molecule has 8 heteroatoms. The molecule has 0 saturated carbocycles. The van der Waals surface area contributed by atoms with Gasteiger partial charge in [-0.2, -0.15) is 0 Å². The highest BCUT2D eigenvalue weighted by molar-refractivity contribution is 9.10. The summed E-state index contributed by atoms with van der Waals surface area (Å²) in [4.78, 5) is 11.8. The van der Waals surface area contributed by atoms with Gasteiger partial charge in [0.25, 0.3) is 0 Å². The Kier molecular flexibility index (Phi) is 5.77. The van der Waals surface area contributed by atoms with Crippen molar-refractivity contribution in [3.63, 3.8) is 0 Å². The van der Waals surface area contributed by atoms with Crippen molar-refractivity contribution >= 4 is 31.9 Å². The van der Waals surface area contributed by atoms with Gasteiger partial charge in [0.2, 0.25) is 10.0 Å². The van der Waals surface area contributed by atoms with Crippen molar-refractivity contribution in [2.24, 2.45) is 11.1 Å². The molecule has 0 fully saturated rings. The van der Waals surface area contributed by atoms with Crippen molar-refractivity contribution in [1.82, 2.24) is 0 Å². The van der Waals surface area contributed by atoms with Gasteiger partial charge in [0, 0.05) is 0 Å². The Morgan fingerprint density at radius 2 is 1.86 bits per heavy atom. The van der Waals surface area contributed by atoms with E-state index in [1.807, 2.05) is 13.8 Å². The Balaban J connectivity index is 3.28. The summed E-state index contributed by atoms with van der Waals surface area (Å²) in [6.07, 6.45) is -0.295. The molecular formula is C13H18BrNO5S. The van der Waals surface area contributed by atoms with E-state index in [0.29, 0.717) is 4.47 Å². The molecular weight excluding hydrogens is 362 g/mol. The van der Waals surface area contributed by atoms with Crippen LogP contribution in [0.15, 0.2) is 21.5 Å². The van der Waals surface area contributed by atoms with Crippen LogP contribution in [0.25, 0.3) is 0 Å². The molecule has 0 amide bonds. The first-order chi connectivity index (χ1) is 9.57. The molecule has 0 aromatic heterocycles. The molecule has 0 aliphatic carbocycles. The van der Waals surface area contributed by atoms with Crippen molar-refractivity contribution in [1.29, 1.82) is 0 Å². The molecule has 1 unspecified atom stereocenters. The van der Waals surface area contributed by atoms with Gasteiger partial charge in [0.05, 0.1) is 17.1 Å². The van der Waals surface area contributed by atoms with Crippen molar-refractivity contribution in [3.8, 4) is 5.75 Å². The lowest BCUT2D eigenvalue weighted by molar-refractivity contribution is 0.0237. The second-order valence-electron chi connectivity index (χ2n) is 4.89. The van der Waals surface area contributed by atoms with Crippen LogP contribution in [-0.2, 0) is 14.8 Å². The maximum Gasteiger partial charge on any atom is 0.338 e. The van der Waals surface area contributed by atoms with Gasteiger partial charge in [-0.3, -0.25) is 0 Å². The van der Waals surface area contributed by atoms with Gasteiger partial charge in [0.1, 0.15) is 11.0 Å². The molecule has 1 rings (SSSR count). The van der Waals surface area contributed by atoms with Crippen molar-refractivity contribution in [2.45, 2.75) is 31.8 Å². The van der Waals surface area contributed by atoms with Crippen molar-refractivity contribution in [3.05, 3.63) is 22.2 Å². The van der Waals surface area contributed by atoms with E-state index in [4.69, 9.17) is 14.6 Å². The Morgan fingerprint density at radius 3 is 2.29 bits per heavy atom. The van der Waals surface area contributed by atoms with Gasteiger partial charge in [-0.05, 0) is 40.9 Å². The number of halogens is 1. The third kappa shape index (κ3) is 4.42. The first-order valence-electron chi connectivity index (χ1n) is 6.19. The van der Waals surface area contributed by atoms with Gasteiger partial charge >= 0.3 is 5.97 Å². The summed E-state index contributed by atoms with van der Waals surface area (Å²) in [7, 11) is -2.72. The SMILES string of the molecule is COc1c(Br)cc(C(=O)OC(C)C(C)C)cc1S(N)(=O)=O. The molecule has 0 bridgehead atoms. The Labute approximate surface area is 132 Å². The minimum atomic E-state index is -4.03. The molecule has 0 heterocycles. The molecule has 0 radical (unpaired) electrons. The number of primary sulfonamides is 1. The maximum absolute atomic E-state index is 12.1. The molecule has 1 aromatic rings. The van der Waals surface area contributed by atoms with Crippen molar-refractivity contribution in [2.75, 3.05) is 7.11 Å². The molecule has 1 aromatic carbocycles. The summed E-state index contributed by atoms with van der Waals surface area (Å²) < 4.78 is 33.8. The van der Waals surface area contributed by atoms with E-state index < -0.39 is 16.0 Å². The molecule has 0 aliphatic heterocycles. The van der Waals surface area contributed by atoms with Crippen LogP contribution in [0.2, 0.25) is 0 Å². The zero-order chi connectivity index (χ0) is 16.4. The van der Waals surface area contributed by atoms with Gasteiger partial charge in [-0.15, -0.1) is 0 Å². The van der Waals surface area contributed by atoms with Gasteiger partial charge in [-0.1, -0.05) is 13.8 Å². The summed E-state index contributed by atoms with van der Waals surface area (Å²) in [5, 5.41) is 5.14. The normalized spacial score (nSPS) is 13.1. The number of ether oxygens (including phenoxy) is 2. The fourth-order valence-electron chi connectivity index (χ4n) is 1.47. The molecule has 6 nitrogen and oxygen atoms in total. The number of nitrogens with two attached hydrogens (primary N) is 1. The van der Waals surface area contributed by atoms with E-state index in [9.17, 15) is 13.2 Å². The van der Waals surface area contributed by atoms with Crippen LogP contribution < -0.4 is 9.88 Å². The van der Waals surface area contributed by atoms with Crippen LogP contribution in [0.1, 0.15) is 31.1 Å². The first-order valence-corrected chi connectivity index (χ1v) is 8.53. The fourth-order valence-corrected chi connectivity index (χ4v) is 2.96. The monoisotopic (exact) mass is 379 g/mol. The topological polar surface area (TPSA) is 95.7 Å². The average molecular weight is 380 g/mol.